The summed E-state index contributed by atoms with van der Waals surface area (Å²) in [6.45, 7) is 0.998. The molecule has 0 saturated carbocycles. The first kappa shape index (κ1) is 12.8. The zero-order chi connectivity index (χ0) is 13.8. The summed E-state index contributed by atoms with van der Waals surface area (Å²) in [7, 11) is 0. The second-order valence-electron chi connectivity index (χ2n) is 4.93. The Morgan fingerprint density at radius 2 is 2.50 bits per heavy atom. The van der Waals surface area contributed by atoms with Crippen molar-refractivity contribution in [1.82, 2.24) is 25.5 Å². The molecular weight excluding hydrogens is 258 g/mol. The summed E-state index contributed by atoms with van der Waals surface area (Å²) in [6, 6.07) is -0.128. The lowest BCUT2D eigenvalue weighted by Gasteiger charge is -2.21. The highest BCUT2D eigenvalue weighted by Crippen LogP contribution is 2.29. The van der Waals surface area contributed by atoms with Crippen LogP contribution in [0.3, 0.4) is 0 Å². The molecule has 3 rings (SSSR count). The van der Waals surface area contributed by atoms with Gasteiger partial charge in [0.2, 0.25) is 0 Å². The van der Waals surface area contributed by atoms with Crippen molar-refractivity contribution in [2.45, 2.75) is 31.7 Å². The minimum absolute atomic E-state index is 0. The minimum atomic E-state index is -0.308. The molecule has 1 aromatic rings. The number of allylic oxidation sites excluding steroid dienone is 2. The standard InChI is InChI=1S/C13H17N5O2.H2/c19-13(20-9-10-5-2-1-3-6-10)18-8-4-7-11(18)12-14-16-17-15-12;/h2,5-6,11H,1,3-4,7-9H2,(H,14,15,16,17);1H/t11-;/m0./s1. The third kappa shape index (κ3) is 2.71. The molecule has 1 saturated heterocycles. The summed E-state index contributed by atoms with van der Waals surface area (Å²) >= 11 is 0. The molecule has 1 aliphatic heterocycles. The fourth-order valence-corrected chi connectivity index (χ4v) is 2.57. The maximum absolute atomic E-state index is 12.2. The monoisotopic (exact) mass is 277 g/mol. The molecule has 0 unspecified atom stereocenters. The minimum Gasteiger partial charge on any atom is -0.445 e. The van der Waals surface area contributed by atoms with Crippen LogP contribution in [-0.2, 0) is 4.74 Å². The molecule has 7 heteroatoms. The van der Waals surface area contributed by atoms with Crippen molar-refractivity contribution in [3.8, 4) is 0 Å². The second kappa shape index (κ2) is 5.85. The fraction of sp³-hybridized carbons (Fsp3) is 0.538. The Bertz CT molecular complexity index is 529. The summed E-state index contributed by atoms with van der Waals surface area (Å²) < 4.78 is 5.38. The average molecular weight is 277 g/mol. The number of likely N-dealkylation sites (tertiary alicyclic amines) is 1. The van der Waals surface area contributed by atoms with Gasteiger partial charge in [-0.15, -0.1) is 10.2 Å². The fourth-order valence-electron chi connectivity index (χ4n) is 2.57. The summed E-state index contributed by atoms with van der Waals surface area (Å²) in [5, 5.41) is 13.9. The molecule has 0 aromatic carbocycles. The third-order valence-electron chi connectivity index (χ3n) is 3.58. The average Bonchev–Trinajstić information content (AvgIpc) is 3.15. The van der Waals surface area contributed by atoms with Gasteiger partial charge in [0.25, 0.3) is 0 Å². The first-order valence-electron chi connectivity index (χ1n) is 6.87. The Balaban J connectivity index is 0.00000161. The van der Waals surface area contributed by atoms with E-state index in [2.05, 4.69) is 32.8 Å². The van der Waals surface area contributed by atoms with Gasteiger partial charge in [0.05, 0.1) is 6.04 Å². The van der Waals surface area contributed by atoms with Crippen molar-refractivity contribution >= 4 is 6.09 Å². The molecule has 2 heterocycles. The molecule has 1 aromatic heterocycles. The van der Waals surface area contributed by atoms with E-state index in [1.807, 2.05) is 6.08 Å². The Morgan fingerprint density at radius 1 is 1.55 bits per heavy atom. The zero-order valence-corrected chi connectivity index (χ0v) is 11.2. The van der Waals surface area contributed by atoms with E-state index in [1.54, 1.807) is 4.90 Å². The highest BCUT2D eigenvalue weighted by molar-refractivity contribution is 5.68. The zero-order valence-electron chi connectivity index (χ0n) is 11.2. The van der Waals surface area contributed by atoms with Crippen LogP contribution in [0.1, 0.15) is 39.0 Å². The Hall–Kier alpha value is -2.18. The Labute approximate surface area is 118 Å². The van der Waals surface area contributed by atoms with E-state index in [4.69, 9.17) is 4.74 Å². The summed E-state index contributed by atoms with van der Waals surface area (Å²) in [4.78, 5) is 13.8. The van der Waals surface area contributed by atoms with Gasteiger partial charge in [-0.2, -0.15) is 5.21 Å². The van der Waals surface area contributed by atoms with Gasteiger partial charge in [-0.25, -0.2) is 4.79 Å². The van der Waals surface area contributed by atoms with Crippen molar-refractivity contribution in [2.24, 2.45) is 0 Å². The molecule has 20 heavy (non-hydrogen) atoms. The maximum atomic E-state index is 12.2. The molecule has 1 atom stereocenters. The van der Waals surface area contributed by atoms with Gasteiger partial charge in [0.15, 0.2) is 5.82 Å². The number of nitrogens with one attached hydrogen (secondary N) is 1. The first-order chi connectivity index (χ1) is 9.84. The van der Waals surface area contributed by atoms with Crippen LogP contribution in [0.2, 0.25) is 0 Å². The molecule has 7 nitrogen and oxygen atoms in total. The van der Waals surface area contributed by atoms with Crippen molar-refractivity contribution < 1.29 is 11.0 Å². The van der Waals surface area contributed by atoms with Crippen LogP contribution < -0.4 is 0 Å². The lowest BCUT2D eigenvalue weighted by molar-refractivity contribution is 0.105. The first-order valence-corrected chi connectivity index (χ1v) is 6.87. The number of hydrogen-bond acceptors (Lipinski definition) is 5. The number of H-pyrrole nitrogens is 1. The number of tetrazole rings is 1. The molecule has 0 spiro atoms. The summed E-state index contributed by atoms with van der Waals surface area (Å²) in [5.41, 5.74) is 1.06. The molecule has 108 valence electrons. The smallest absolute Gasteiger partial charge is 0.410 e. The van der Waals surface area contributed by atoms with Crippen LogP contribution in [-0.4, -0.2) is 44.8 Å². The number of ether oxygens (including phenoxy) is 1. The van der Waals surface area contributed by atoms with E-state index in [9.17, 15) is 4.79 Å². The normalized spacial score (nSPS) is 21.9. The van der Waals surface area contributed by atoms with Crippen LogP contribution in [0.4, 0.5) is 4.79 Å². The van der Waals surface area contributed by atoms with Gasteiger partial charge < -0.3 is 4.74 Å². The van der Waals surface area contributed by atoms with Gasteiger partial charge in [-0.1, -0.05) is 23.4 Å². The molecular formula is C13H19N5O2. The number of rotatable bonds is 3. The summed E-state index contributed by atoms with van der Waals surface area (Å²) in [6.07, 6.45) is 9.75. The number of aromatic nitrogens is 4. The highest BCUT2D eigenvalue weighted by atomic mass is 16.6. The molecule has 2 aliphatic rings. The van der Waals surface area contributed by atoms with Crippen molar-refractivity contribution in [2.75, 3.05) is 13.2 Å². The SMILES string of the molecule is O=C(OCC1=CCCC=C1)N1CCC[C@H]1c1nn[nH]n1.[HH]. The van der Waals surface area contributed by atoms with E-state index in [1.165, 1.54) is 0 Å². The predicted molar refractivity (Wildman–Crippen MR) is 72.8 cm³/mol. The second-order valence-corrected chi connectivity index (χ2v) is 4.93. The number of amides is 1. The third-order valence-corrected chi connectivity index (χ3v) is 3.58. The topological polar surface area (TPSA) is 84.0 Å². The Morgan fingerprint density at radius 3 is 3.25 bits per heavy atom. The van der Waals surface area contributed by atoms with Crippen LogP contribution in [0, 0.1) is 0 Å². The van der Waals surface area contributed by atoms with Gasteiger partial charge in [0.1, 0.15) is 6.61 Å². The molecule has 1 fully saturated rings. The Kier molecular flexibility index (Phi) is 3.76. The molecule has 0 bridgehead atoms. The van der Waals surface area contributed by atoms with E-state index in [0.29, 0.717) is 19.0 Å². The van der Waals surface area contributed by atoms with Crippen molar-refractivity contribution in [3.05, 3.63) is 29.6 Å². The molecule has 1 amide bonds. The van der Waals surface area contributed by atoms with Gasteiger partial charge in [-0.05, 0) is 31.3 Å². The number of carbonyl (C=O) groups excluding carboxylic acids is 1. The van der Waals surface area contributed by atoms with Crippen LogP contribution in [0.15, 0.2) is 23.8 Å². The number of aromatic amines is 1. The van der Waals surface area contributed by atoms with Crippen molar-refractivity contribution in [3.63, 3.8) is 0 Å². The van der Waals surface area contributed by atoms with E-state index >= 15 is 0 Å². The lowest BCUT2D eigenvalue weighted by Crippen LogP contribution is -2.32. The van der Waals surface area contributed by atoms with Gasteiger partial charge in [-0.3, -0.25) is 4.90 Å². The van der Waals surface area contributed by atoms with Crippen molar-refractivity contribution in [1.29, 1.82) is 0 Å². The van der Waals surface area contributed by atoms with Crippen LogP contribution >= 0.6 is 0 Å². The maximum Gasteiger partial charge on any atom is 0.410 e. The molecule has 0 radical (unpaired) electrons. The quantitative estimate of drug-likeness (QED) is 0.913. The van der Waals surface area contributed by atoms with Crippen LogP contribution in [0.25, 0.3) is 0 Å². The number of carbonyl (C=O) groups is 1. The molecule has 1 aliphatic carbocycles. The summed E-state index contributed by atoms with van der Waals surface area (Å²) in [5.74, 6) is 0.552. The molecule has 1 N–H and O–H groups in total. The van der Waals surface area contributed by atoms with E-state index < -0.39 is 0 Å². The number of hydrogen-bond donors (Lipinski definition) is 1. The van der Waals surface area contributed by atoms with Crippen LogP contribution in [0.5, 0.6) is 0 Å². The van der Waals surface area contributed by atoms with Gasteiger partial charge in [0, 0.05) is 7.97 Å². The largest absolute Gasteiger partial charge is 0.445 e. The van der Waals surface area contributed by atoms with E-state index in [0.717, 1.165) is 31.3 Å². The van der Waals surface area contributed by atoms with Gasteiger partial charge >= 0.3 is 6.09 Å². The number of nitrogens with zero attached hydrogens (tertiary/aromatic N) is 4. The lowest BCUT2D eigenvalue weighted by atomic mass is 10.1. The van der Waals surface area contributed by atoms with E-state index in [-0.39, 0.29) is 13.6 Å². The predicted octanol–water partition coefficient (Wildman–Crippen LogP) is 2.00. The highest BCUT2D eigenvalue weighted by Gasteiger charge is 2.33.